The van der Waals surface area contributed by atoms with E-state index in [9.17, 15) is 26.8 Å². The molecule has 2 amide bonds. The van der Waals surface area contributed by atoms with E-state index in [1.165, 1.54) is 11.9 Å². The van der Waals surface area contributed by atoms with Gasteiger partial charge in [0.05, 0.1) is 17.2 Å². The molecule has 1 unspecified atom stereocenters. The molecular weight excluding hydrogens is 342 g/mol. The summed E-state index contributed by atoms with van der Waals surface area (Å²) in [4.78, 5) is 26.3. The third kappa shape index (κ3) is 4.08. The molecule has 1 aromatic carbocycles. The number of sulfone groups is 1. The Bertz CT molecular complexity index is 767. The summed E-state index contributed by atoms with van der Waals surface area (Å²) in [5.74, 6) is -2.96. The number of halogens is 2. The molecule has 6 nitrogen and oxygen atoms in total. The molecule has 132 valence electrons. The van der Waals surface area contributed by atoms with Crippen molar-refractivity contribution in [3.05, 3.63) is 29.8 Å². The molecule has 0 spiro atoms. The summed E-state index contributed by atoms with van der Waals surface area (Å²) in [6, 6.07) is 2.24. The number of benzene rings is 1. The molecule has 1 heterocycles. The third-order valence-corrected chi connectivity index (χ3v) is 5.77. The predicted octanol–water partition coefficient (Wildman–Crippen LogP) is 0.963. The molecule has 0 bridgehead atoms. The van der Waals surface area contributed by atoms with Gasteiger partial charge in [-0.1, -0.05) is 0 Å². The van der Waals surface area contributed by atoms with Gasteiger partial charge in [0.2, 0.25) is 11.8 Å². The van der Waals surface area contributed by atoms with Gasteiger partial charge in [-0.15, -0.1) is 0 Å². The molecule has 1 atom stereocenters. The Morgan fingerprint density at radius 3 is 2.46 bits per heavy atom. The van der Waals surface area contributed by atoms with E-state index in [-0.39, 0.29) is 17.2 Å². The highest BCUT2D eigenvalue weighted by atomic mass is 32.2. The average Bonchev–Trinajstić information content (AvgIpc) is 2.84. The topological polar surface area (TPSA) is 74.8 Å². The van der Waals surface area contributed by atoms with Crippen LogP contribution in [0.3, 0.4) is 0 Å². The lowest BCUT2D eigenvalue weighted by molar-refractivity contribution is -0.131. The highest BCUT2D eigenvalue weighted by molar-refractivity contribution is 7.91. The number of amides is 2. The van der Waals surface area contributed by atoms with Crippen molar-refractivity contribution in [3.63, 3.8) is 0 Å². The Morgan fingerprint density at radius 2 is 1.96 bits per heavy atom. The smallest absolute Gasteiger partial charge is 0.242 e. The van der Waals surface area contributed by atoms with Gasteiger partial charge in [-0.2, -0.15) is 0 Å². The Labute approximate surface area is 139 Å². The lowest BCUT2D eigenvalue weighted by atomic mass is 10.2. The fourth-order valence-corrected chi connectivity index (χ4v) is 4.37. The summed E-state index contributed by atoms with van der Waals surface area (Å²) < 4.78 is 49.9. The second kappa shape index (κ2) is 6.84. The van der Waals surface area contributed by atoms with Crippen LogP contribution in [0.4, 0.5) is 14.5 Å². The van der Waals surface area contributed by atoms with Gasteiger partial charge >= 0.3 is 0 Å². The van der Waals surface area contributed by atoms with Crippen molar-refractivity contribution >= 4 is 27.3 Å². The van der Waals surface area contributed by atoms with Crippen molar-refractivity contribution in [2.24, 2.45) is 0 Å². The lowest BCUT2D eigenvalue weighted by Crippen LogP contribution is -2.45. The number of likely N-dealkylation sites (N-methyl/N-ethyl adjacent to an activating group) is 1. The first kappa shape index (κ1) is 18.3. The van der Waals surface area contributed by atoms with Crippen LogP contribution in [-0.2, 0) is 19.4 Å². The first-order chi connectivity index (χ1) is 11.1. The molecule has 9 heteroatoms. The maximum absolute atomic E-state index is 13.9. The number of anilines is 1. The monoisotopic (exact) mass is 360 g/mol. The van der Waals surface area contributed by atoms with Gasteiger partial charge in [-0.05, 0) is 18.6 Å². The van der Waals surface area contributed by atoms with Crippen LogP contribution in [0.1, 0.15) is 13.3 Å². The number of carbonyl (C=O) groups is 2. The predicted molar refractivity (Wildman–Crippen MR) is 84.2 cm³/mol. The van der Waals surface area contributed by atoms with E-state index >= 15 is 0 Å². The van der Waals surface area contributed by atoms with Crippen molar-refractivity contribution < 1.29 is 26.8 Å². The minimum atomic E-state index is -3.16. The largest absolute Gasteiger partial charge is 0.340 e. The van der Waals surface area contributed by atoms with Crippen LogP contribution in [0.25, 0.3) is 0 Å². The molecule has 24 heavy (non-hydrogen) atoms. The standard InChI is InChI=1S/C15H18F2N2O4S/c1-10(20)19(14-4-3-11(16)7-13(14)17)8-15(21)18(2)12-5-6-24(22,23)9-12/h3-4,7,12H,5-6,8-9H2,1-2H3. The van der Waals surface area contributed by atoms with Crippen molar-refractivity contribution in [2.75, 3.05) is 30.0 Å². The van der Waals surface area contributed by atoms with E-state index in [4.69, 9.17) is 0 Å². The zero-order chi connectivity index (χ0) is 18.1. The summed E-state index contributed by atoms with van der Waals surface area (Å²) in [5.41, 5.74) is -0.204. The van der Waals surface area contributed by atoms with Crippen LogP contribution in [0, 0.1) is 11.6 Å². The van der Waals surface area contributed by atoms with Gasteiger partial charge < -0.3 is 9.80 Å². The maximum atomic E-state index is 13.9. The number of hydrogen-bond donors (Lipinski definition) is 0. The van der Waals surface area contributed by atoms with Crippen molar-refractivity contribution in [1.29, 1.82) is 0 Å². The van der Waals surface area contributed by atoms with Gasteiger partial charge in [-0.3, -0.25) is 9.59 Å². The zero-order valence-corrected chi connectivity index (χ0v) is 14.1. The molecule has 1 aliphatic rings. The second-order valence-electron chi connectivity index (χ2n) is 5.76. The van der Waals surface area contributed by atoms with Crippen LogP contribution in [0.15, 0.2) is 18.2 Å². The van der Waals surface area contributed by atoms with Gasteiger partial charge in [0.15, 0.2) is 9.84 Å². The molecule has 0 radical (unpaired) electrons. The minimum Gasteiger partial charge on any atom is -0.340 e. The van der Waals surface area contributed by atoms with Crippen molar-refractivity contribution in [2.45, 2.75) is 19.4 Å². The molecule has 0 N–H and O–H groups in total. The van der Waals surface area contributed by atoms with E-state index in [2.05, 4.69) is 0 Å². The molecule has 0 aliphatic carbocycles. The molecule has 0 aromatic heterocycles. The lowest BCUT2D eigenvalue weighted by Gasteiger charge is -2.27. The van der Waals surface area contributed by atoms with Gasteiger partial charge in [0.25, 0.3) is 0 Å². The number of carbonyl (C=O) groups excluding carboxylic acids is 2. The number of rotatable bonds is 4. The van der Waals surface area contributed by atoms with Gasteiger partial charge in [-0.25, -0.2) is 17.2 Å². The minimum absolute atomic E-state index is 0.0122. The first-order valence-electron chi connectivity index (χ1n) is 7.30. The van der Waals surface area contributed by atoms with Crippen LogP contribution in [0.5, 0.6) is 0 Å². The molecule has 1 saturated heterocycles. The van der Waals surface area contributed by atoms with E-state index < -0.39 is 45.9 Å². The second-order valence-corrected chi connectivity index (χ2v) is 7.99. The van der Waals surface area contributed by atoms with E-state index in [1.54, 1.807) is 0 Å². The Kier molecular flexibility index (Phi) is 5.22. The normalized spacial score (nSPS) is 19.1. The highest BCUT2D eigenvalue weighted by Gasteiger charge is 2.33. The molecule has 1 aromatic rings. The van der Waals surface area contributed by atoms with E-state index in [0.717, 1.165) is 24.0 Å². The molecule has 1 aliphatic heterocycles. The SMILES string of the molecule is CC(=O)N(CC(=O)N(C)C1CCS(=O)(=O)C1)c1ccc(F)cc1F. The van der Waals surface area contributed by atoms with Gasteiger partial charge in [0, 0.05) is 26.1 Å². The number of hydrogen-bond acceptors (Lipinski definition) is 4. The van der Waals surface area contributed by atoms with Crippen LogP contribution in [-0.4, -0.2) is 56.3 Å². The quantitative estimate of drug-likeness (QED) is 0.802. The number of nitrogens with zero attached hydrogens (tertiary/aromatic N) is 2. The summed E-state index contributed by atoms with van der Waals surface area (Å²) in [5, 5.41) is 0. The molecule has 1 fully saturated rings. The molecular formula is C15H18F2N2O4S. The van der Waals surface area contributed by atoms with Crippen molar-refractivity contribution in [3.8, 4) is 0 Å². The van der Waals surface area contributed by atoms with Crippen LogP contribution < -0.4 is 4.90 Å². The molecule has 2 rings (SSSR count). The average molecular weight is 360 g/mol. The third-order valence-electron chi connectivity index (χ3n) is 4.02. The highest BCUT2D eigenvalue weighted by Crippen LogP contribution is 2.22. The Morgan fingerprint density at radius 1 is 1.29 bits per heavy atom. The summed E-state index contributed by atoms with van der Waals surface area (Å²) in [6.07, 6.45) is 0.329. The van der Waals surface area contributed by atoms with Crippen molar-refractivity contribution in [1.82, 2.24) is 4.90 Å². The van der Waals surface area contributed by atoms with E-state index in [0.29, 0.717) is 12.5 Å². The first-order valence-corrected chi connectivity index (χ1v) is 9.12. The van der Waals surface area contributed by atoms with E-state index in [1.807, 2.05) is 0 Å². The van der Waals surface area contributed by atoms with Crippen LogP contribution >= 0.6 is 0 Å². The van der Waals surface area contributed by atoms with Gasteiger partial charge in [0.1, 0.15) is 18.2 Å². The Balaban J connectivity index is 2.16. The van der Waals surface area contributed by atoms with Crippen LogP contribution in [0.2, 0.25) is 0 Å². The summed E-state index contributed by atoms with van der Waals surface area (Å²) >= 11 is 0. The molecule has 0 saturated carbocycles. The fraction of sp³-hybridized carbons (Fsp3) is 0.467. The Hall–Kier alpha value is -2.03. The maximum Gasteiger partial charge on any atom is 0.242 e. The summed E-state index contributed by atoms with van der Waals surface area (Å²) in [6.45, 7) is 0.709. The summed E-state index contributed by atoms with van der Waals surface area (Å²) in [7, 11) is -1.71. The fourth-order valence-electron chi connectivity index (χ4n) is 2.60. The zero-order valence-electron chi connectivity index (χ0n) is 13.3.